The molecule has 1 N–H and O–H groups in total. The highest BCUT2D eigenvalue weighted by molar-refractivity contribution is 7.87. The van der Waals surface area contributed by atoms with Gasteiger partial charge < -0.3 is 8.92 Å². The number of amides is 1. The van der Waals surface area contributed by atoms with Crippen molar-refractivity contribution in [2.75, 3.05) is 7.11 Å². The Hall–Kier alpha value is -4.17. The Balaban J connectivity index is 1.46. The van der Waals surface area contributed by atoms with Crippen molar-refractivity contribution in [2.45, 2.75) is 11.8 Å². The smallest absolute Gasteiger partial charge is 0.339 e. The molecule has 0 aliphatic heterocycles. The maximum atomic E-state index is 12.6. The molecule has 172 valence electrons. The number of aryl methyl sites for hydroxylation is 1. The number of fused-ring (bicyclic) bond motifs is 1. The summed E-state index contributed by atoms with van der Waals surface area (Å²) >= 11 is 0. The summed E-state index contributed by atoms with van der Waals surface area (Å²) in [6, 6.07) is 24.2. The fourth-order valence-electron chi connectivity index (χ4n) is 3.27. The lowest BCUT2D eigenvalue weighted by atomic mass is 10.1. The first kappa shape index (κ1) is 23.0. The summed E-state index contributed by atoms with van der Waals surface area (Å²) in [5.41, 5.74) is 4.49. The van der Waals surface area contributed by atoms with Crippen molar-refractivity contribution in [1.29, 1.82) is 0 Å². The molecular formula is C26H22N2O5S. The van der Waals surface area contributed by atoms with Gasteiger partial charge in [-0.2, -0.15) is 13.5 Å². The normalized spacial score (nSPS) is 11.5. The van der Waals surface area contributed by atoms with E-state index in [9.17, 15) is 13.2 Å². The SMILES string of the molecule is COc1cc(/C=N\NC(=O)c2ccc3ccccc3c2)ccc1OS(=O)(=O)c1ccc(C)cc1. The number of rotatable bonds is 7. The molecular weight excluding hydrogens is 452 g/mol. The Bertz CT molecular complexity index is 1480. The van der Waals surface area contributed by atoms with Crippen molar-refractivity contribution in [3.05, 3.63) is 102 Å². The third-order valence-corrected chi connectivity index (χ3v) is 6.34. The molecule has 4 aromatic carbocycles. The van der Waals surface area contributed by atoms with Crippen molar-refractivity contribution >= 4 is 33.0 Å². The summed E-state index contributed by atoms with van der Waals surface area (Å²) in [4.78, 5) is 12.5. The van der Waals surface area contributed by atoms with Gasteiger partial charge in [0.25, 0.3) is 5.91 Å². The summed E-state index contributed by atoms with van der Waals surface area (Å²) in [7, 11) is -2.61. The summed E-state index contributed by atoms with van der Waals surface area (Å²) in [5.74, 6) is -0.0981. The number of nitrogens with one attached hydrogen (secondary N) is 1. The maximum absolute atomic E-state index is 12.6. The number of nitrogens with zero attached hydrogens (tertiary/aromatic N) is 1. The van der Waals surface area contributed by atoms with Crippen LogP contribution in [0.15, 0.2) is 94.9 Å². The molecule has 7 nitrogen and oxygen atoms in total. The number of hydrazone groups is 1. The summed E-state index contributed by atoms with van der Waals surface area (Å²) in [6.07, 6.45) is 1.43. The minimum Gasteiger partial charge on any atom is -0.493 e. The zero-order chi connectivity index (χ0) is 24.1. The van der Waals surface area contributed by atoms with Crippen LogP contribution in [0.3, 0.4) is 0 Å². The Morgan fingerprint density at radius 3 is 2.35 bits per heavy atom. The van der Waals surface area contributed by atoms with E-state index in [1.807, 2.05) is 37.3 Å². The van der Waals surface area contributed by atoms with Crippen molar-refractivity contribution in [3.63, 3.8) is 0 Å². The van der Waals surface area contributed by atoms with E-state index in [4.69, 9.17) is 8.92 Å². The number of methoxy groups -OCH3 is 1. The minimum absolute atomic E-state index is 0.0421. The van der Waals surface area contributed by atoms with Crippen LogP contribution >= 0.6 is 0 Å². The van der Waals surface area contributed by atoms with Gasteiger partial charge >= 0.3 is 10.1 Å². The predicted molar refractivity (Wildman–Crippen MR) is 131 cm³/mol. The van der Waals surface area contributed by atoms with Crippen LogP contribution in [0.4, 0.5) is 0 Å². The average molecular weight is 475 g/mol. The first-order valence-corrected chi connectivity index (χ1v) is 11.8. The molecule has 0 saturated carbocycles. The van der Waals surface area contributed by atoms with E-state index in [0.29, 0.717) is 11.1 Å². The zero-order valence-electron chi connectivity index (χ0n) is 18.6. The molecule has 4 aromatic rings. The van der Waals surface area contributed by atoms with Gasteiger partial charge in [-0.1, -0.05) is 48.0 Å². The largest absolute Gasteiger partial charge is 0.493 e. The quantitative estimate of drug-likeness (QED) is 0.238. The van der Waals surface area contributed by atoms with Crippen molar-refractivity contribution < 1.29 is 22.1 Å². The van der Waals surface area contributed by atoms with Crippen LogP contribution in [-0.2, 0) is 10.1 Å². The Labute approximate surface area is 197 Å². The number of benzene rings is 4. The van der Waals surface area contributed by atoms with E-state index in [0.717, 1.165) is 16.3 Å². The molecule has 0 heterocycles. The van der Waals surface area contributed by atoms with E-state index >= 15 is 0 Å². The van der Waals surface area contributed by atoms with E-state index < -0.39 is 10.1 Å². The molecule has 0 bridgehead atoms. The number of carbonyl (C=O) groups is 1. The molecule has 4 rings (SSSR count). The fraction of sp³-hybridized carbons (Fsp3) is 0.0769. The van der Waals surface area contributed by atoms with Gasteiger partial charge in [-0.05, 0) is 65.7 Å². The van der Waals surface area contributed by atoms with E-state index in [1.54, 1.807) is 36.4 Å². The number of ether oxygens (including phenoxy) is 1. The molecule has 0 radical (unpaired) electrons. The molecule has 1 amide bonds. The molecule has 0 spiro atoms. The van der Waals surface area contributed by atoms with Gasteiger partial charge in [0, 0.05) is 5.56 Å². The predicted octanol–water partition coefficient (Wildman–Crippen LogP) is 4.69. The lowest BCUT2D eigenvalue weighted by Crippen LogP contribution is -2.17. The molecule has 0 saturated heterocycles. The first-order valence-electron chi connectivity index (χ1n) is 10.4. The number of hydrogen-bond donors (Lipinski definition) is 1. The van der Waals surface area contributed by atoms with Crippen LogP contribution in [0.2, 0.25) is 0 Å². The second-order valence-corrected chi connectivity index (χ2v) is 9.07. The van der Waals surface area contributed by atoms with Gasteiger partial charge in [0.2, 0.25) is 0 Å². The maximum Gasteiger partial charge on any atom is 0.339 e. The average Bonchev–Trinajstić information content (AvgIpc) is 2.84. The lowest BCUT2D eigenvalue weighted by molar-refractivity contribution is 0.0955. The van der Waals surface area contributed by atoms with Crippen LogP contribution in [0.5, 0.6) is 11.5 Å². The molecule has 0 unspecified atom stereocenters. The van der Waals surface area contributed by atoms with Crippen molar-refractivity contribution in [2.24, 2.45) is 5.10 Å². The van der Waals surface area contributed by atoms with Crippen molar-refractivity contribution in [1.82, 2.24) is 5.43 Å². The Morgan fingerprint density at radius 2 is 1.62 bits per heavy atom. The van der Waals surface area contributed by atoms with Crippen LogP contribution in [-0.4, -0.2) is 27.6 Å². The van der Waals surface area contributed by atoms with Crippen molar-refractivity contribution in [3.8, 4) is 11.5 Å². The van der Waals surface area contributed by atoms with E-state index in [2.05, 4.69) is 10.5 Å². The monoisotopic (exact) mass is 474 g/mol. The summed E-state index contributed by atoms with van der Waals surface area (Å²) < 4.78 is 35.7. The third-order valence-electron chi connectivity index (χ3n) is 5.09. The molecule has 0 fully saturated rings. The summed E-state index contributed by atoms with van der Waals surface area (Å²) in [5, 5.41) is 6.00. The lowest BCUT2D eigenvalue weighted by Gasteiger charge is -2.11. The highest BCUT2D eigenvalue weighted by Crippen LogP contribution is 2.30. The van der Waals surface area contributed by atoms with Gasteiger partial charge in [0.15, 0.2) is 11.5 Å². The molecule has 0 atom stereocenters. The van der Waals surface area contributed by atoms with Gasteiger partial charge in [-0.15, -0.1) is 0 Å². The molecule has 34 heavy (non-hydrogen) atoms. The molecule has 8 heteroatoms. The van der Waals surface area contributed by atoms with Gasteiger partial charge in [0.05, 0.1) is 13.3 Å². The summed E-state index contributed by atoms with van der Waals surface area (Å²) in [6.45, 7) is 1.87. The second kappa shape index (κ2) is 9.76. The Morgan fingerprint density at radius 1 is 0.882 bits per heavy atom. The first-order chi connectivity index (χ1) is 16.4. The van der Waals surface area contributed by atoms with Crippen LogP contribution in [0, 0.1) is 6.92 Å². The zero-order valence-corrected chi connectivity index (χ0v) is 19.4. The molecule has 0 aliphatic rings. The highest BCUT2D eigenvalue weighted by Gasteiger charge is 2.19. The standard InChI is InChI=1S/C26H22N2O5S/c1-18-7-12-23(13-8-18)34(30,31)33-24-14-9-19(15-25(24)32-2)17-27-28-26(29)22-11-10-20-5-3-4-6-21(20)16-22/h3-17H,1-2H3,(H,28,29)/b27-17-. The van der Waals surface area contributed by atoms with Crippen LogP contribution in [0.1, 0.15) is 21.5 Å². The second-order valence-electron chi connectivity index (χ2n) is 7.52. The van der Waals surface area contributed by atoms with Gasteiger partial charge in [-0.25, -0.2) is 5.43 Å². The van der Waals surface area contributed by atoms with Crippen LogP contribution < -0.4 is 14.3 Å². The fourth-order valence-corrected chi connectivity index (χ4v) is 4.20. The van der Waals surface area contributed by atoms with Crippen LogP contribution in [0.25, 0.3) is 10.8 Å². The van der Waals surface area contributed by atoms with Gasteiger partial charge in [0.1, 0.15) is 4.90 Å². The molecule has 0 aliphatic carbocycles. The number of carbonyl (C=O) groups excluding carboxylic acids is 1. The number of hydrogen-bond acceptors (Lipinski definition) is 6. The molecule has 0 aromatic heterocycles. The topological polar surface area (TPSA) is 94.1 Å². The third kappa shape index (κ3) is 5.24. The van der Waals surface area contributed by atoms with E-state index in [-0.39, 0.29) is 22.3 Å². The van der Waals surface area contributed by atoms with E-state index in [1.165, 1.54) is 31.5 Å². The Kier molecular flexibility index (Phi) is 6.60. The minimum atomic E-state index is -4.02. The highest BCUT2D eigenvalue weighted by atomic mass is 32.2. The van der Waals surface area contributed by atoms with Gasteiger partial charge in [-0.3, -0.25) is 4.79 Å².